The first-order valence-electron chi connectivity index (χ1n) is 9.35. The number of amides is 1. The van der Waals surface area contributed by atoms with Gasteiger partial charge < -0.3 is 10.1 Å². The van der Waals surface area contributed by atoms with Gasteiger partial charge in [0.25, 0.3) is 0 Å². The van der Waals surface area contributed by atoms with Crippen LogP contribution in [0.2, 0.25) is 0 Å². The maximum Gasteiger partial charge on any atom is 0.407 e. The number of thioether (sulfide) groups is 1. The molecule has 1 aliphatic heterocycles. The molecule has 1 amide bonds. The van der Waals surface area contributed by atoms with Crippen molar-refractivity contribution in [2.75, 3.05) is 0 Å². The molecule has 1 heterocycles. The molecule has 0 fully saturated rings. The lowest BCUT2D eigenvalue weighted by atomic mass is 9.79. The van der Waals surface area contributed by atoms with Crippen LogP contribution in [0.15, 0.2) is 35.8 Å². The van der Waals surface area contributed by atoms with E-state index in [1.165, 1.54) is 17.8 Å². The van der Waals surface area contributed by atoms with E-state index in [1.54, 1.807) is 38.5 Å². The molecule has 0 saturated carbocycles. The first-order valence-corrected chi connectivity index (χ1v) is 10.3. The molecule has 0 aromatic heterocycles. The molecule has 1 aliphatic rings. The standard InChI is InChI=1S/C20H27BF2N2O2S/c1-5-6-8-13(12-9-7-10-14(22)15(12)23)16(17-18(21)24-11-28-17)25-19(26)27-20(2,3)4/h5,7,9-11,13,16-18H,1,6,8,21H2,2-4H3,(H,25,26)/t13-,16-,17?,18?/m0/s1. The minimum atomic E-state index is -0.902. The van der Waals surface area contributed by atoms with E-state index in [4.69, 9.17) is 4.74 Å². The fourth-order valence-electron chi connectivity index (χ4n) is 3.27. The van der Waals surface area contributed by atoms with E-state index in [9.17, 15) is 13.6 Å². The quantitative estimate of drug-likeness (QED) is 0.548. The Labute approximate surface area is 170 Å². The number of aliphatic imine (C=N–C) groups is 1. The maximum atomic E-state index is 14.6. The Hall–Kier alpha value is -1.83. The van der Waals surface area contributed by atoms with E-state index < -0.39 is 35.3 Å². The summed E-state index contributed by atoms with van der Waals surface area (Å²) in [5.41, 5.74) is 1.31. The topological polar surface area (TPSA) is 50.7 Å². The normalized spacial score (nSPS) is 21.2. The van der Waals surface area contributed by atoms with Gasteiger partial charge in [0.05, 0.1) is 11.6 Å². The van der Waals surface area contributed by atoms with Crippen LogP contribution in [0.4, 0.5) is 13.6 Å². The number of halogens is 2. The number of benzene rings is 1. The highest BCUT2D eigenvalue weighted by molar-refractivity contribution is 8.13. The highest BCUT2D eigenvalue weighted by Crippen LogP contribution is 2.36. The lowest BCUT2D eigenvalue weighted by molar-refractivity contribution is 0.0493. The van der Waals surface area contributed by atoms with Gasteiger partial charge in [0.2, 0.25) is 0 Å². The SMILES string of the molecule is BC1N=CSC1[C@@H](NC(=O)OC(C)(C)C)[C@@H](CCC=C)c1cccc(F)c1F. The second-order valence-corrected chi connectivity index (χ2v) is 8.91. The summed E-state index contributed by atoms with van der Waals surface area (Å²) in [6, 6.07) is 3.66. The largest absolute Gasteiger partial charge is 0.444 e. The zero-order valence-electron chi connectivity index (χ0n) is 16.7. The van der Waals surface area contributed by atoms with Crippen LogP contribution in [0.1, 0.15) is 45.1 Å². The number of alkyl carbamates (subject to hydrolysis) is 1. The van der Waals surface area contributed by atoms with E-state index in [1.807, 2.05) is 7.85 Å². The first-order chi connectivity index (χ1) is 13.1. The van der Waals surface area contributed by atoms with Gasteiger partial charge in [-0.1, -0.05) is 18.2 Å². The van der Waals surface area contributed by atoms with Gasteiger partial charge in [0, 0.05) is 17.1 Å². The lowest BCUT2D eigenvalue weighted by Gasteiger charge is -2.34. The van der Waals surface area contributed by atoms with Crippen LogP contribution < -0.4 is 5.32 Å². The molecule has 0 aliphatic carbocycles. The summed E-state index contributed by atoms with van der Waals surface area (Å²) in [5, 5.41) is 2.79. The molecule has 152 valence electrons. The third kappa shape index (κ3) is 5.83. The predicted molar refractivity (Wildman–Crippen MR) is 114 cm³/mol. The molecular formula is C20H27BF2N2O2S. The second-order valence-electron chi connectivity index (χ2n) is 7.88. The minimum Gasteiger partial charge on any atom is -0.444 e. The number of nitrogens with one attached hydrogen (secondary N) is 1. The Morgan fingerprint density at radius 3 is 2.75 bits per heavy atom. The number of hydrogen-bond donors (Lipinski definition) is 1. The number of carbonyl (C=O) groups is 1. The van der Waals surface area contributed by atoms with Crippen LogP contribution in [-0.2, 0) is 4.74 Å². The molecule has 1 aromatic rings. The van der Waals surface area contributed by atoms with E-state index in [-0.39, 0.29) is 16.8 Å². The summed E-state index contributed by atoms with van der Waals surface area (Å²) in [4.78, 5) is 16.9. The molecule has 8 heteroatoms. The summed E-state index contributed by atoms with van der Waals surface area (Å²) in [6.45, 7) is 9.07. The summed E-state index contributed by atoms with van der Waals surface area (Å²) in [5.74, 6) is -2.32. The van der Waals surface area contributed by atoms with Crippen molar-refractivity contribution in [1.82, 2.24) is 5.32 Å². The van der Waals surface area contributed by atoms with Gasteiger partial charge in [0.1, 0.15) is 13.4 Å². The fourth-order valence-corrected chi connectivity index (χ4v) is 4.40. The van der Waals surface area contributed by atoms with E-state index >= 15 is 0 Å². The third-order valence-corrected chi connectivity index (χ3v) is 5.77. The molecule has 1 aromatic carbocycles. The summed E-state index contributed by atoms with van der Waals surface area (Å²) in [7, 11) is 1.94. The Kier molecular flexibility index (Phi) is 7.69. The molecule has 2 rings (SSSR count). The molecule has 0 radical (unpaired) electrons. The van der Waals surface area contributed by atoms with Crippen molar-refractivity contribution < 1.29 is 18.3 Å². The lowest BCUT2D eigenvalue weighted by Crippen LogP contribution is -2.50. The van der Waals surface area contributed by atoms with Crippen LogP contribution in [0.5, 0.6) is 0 Å². The molecule has 2 unspecified atom stereocenters. The molecule has 0 saturated heterocycles. The van der Waals surface area contributed by atoms with E-state index in [0.29, 0.717) is 12.8 Å². The second kappa shape index (κ2) is 9.59. The van der Waals surface area contributed by atoms with Crippen LogP contribution >= 0.6 is 11.8 Å². The van der Waals surface area contributed by atoms with Crippen LogP contribution in [0.25, 0.3) is 0 Å². The number of hydrogen-bond acceptors (Lipinski definition) is 4. The van der Waals surface area contributed by atoms with Crippen LogP contribution in [-0.4, -0.2) is 42.3 Å². The van der Waals surface area contributed by atoms with Crippen molar-refractivity contribution in [2.45, 2.75) is 62.4 Å². The predicted octanol–water partition coefficient (Wildman–Crippen LogP) is 4.01. The molecule has 4 atom stereocenters. The maximum absolute atomic E-state index is 14.6. The number of ether oxygens (including phenoxy) is 1. The van der Waals surface area contributed by atoms with Gasteiger partial charge in [-0.2, -0.15) is 0 Å². The average molecular weight is 408 g/mol. The molecule has 4 nitrogen and oxygen atoms in total. The van der Waals surface area contributed by atoms with Gasteiger partial charge in [-0.25, -0.2) is 13.6 Å². The van der Waals surface area contributed by atoms with E-state index in [2.05, 4.69) is 16.9 Å². The van der Waals surface area contributed by atoms with Crippen LogP contribution in [0.3, 0.4) is 0 Å². The van der Waals surface area contributed by atoms with E-state index in [0.717, 1.165) is 6.07 Å². The Morgan fingerprint density at radius 2 is 2.18 bits per heavy atom. The number of rotatable bonds is 7. The van der Waals surface area contributed by atoms with Gasteiger partial charge >= 0.3 is 6.09 Å². The zero-order chi connectivity index (χ0) is 20.9. The Bertz CT molecular complexity index is 739. The molecular weight excluding hydrogens is 381 g/mol. The van der Waals surface area contributed by atoms with Gasteiger partial charge in [0.15, 0.2) is 11.6 Å². The smallest absolute Gasteiger partial charge is 0.407 e. The highest BCUT2D eigenvalue weighted by Gasteiger charge is 2.38. The third-order valence-electron chi connectivity index (χ3n) is 4.52. The van der Waals surface area contributed by atoms with Gasteiger partial charge in [-0.15, -0.1) is 18.3 Å². The summed E-state index contributed by atoms with van der Waals surface area (Å²) < 4.78 is 34.0. The molecule has 0 bridgehead atoms. The number of allylic oxidation sites excluding steroid dienone is 1. The molecule has 1 N–H and O–H groups in total. The fraction of sp³-hybridized carbons (Fsp3) is 0.500. The molecule has 0 spiro atoms. The van der Waals surface area contributed by atoms with Crippen molar-refractivity contribution in [3.05, 3.63) is 48.1 Å². The summed E-state index contributed by atoms with van der Waals surface area (Å²) >= 11 is 1.48. The van der Waals surface area contributed by atoms with Crippen molar-refractivity contribution in [3.8, 4) is 0 Å². The van der Waals surface area contributed by atoms with Crippen molar-refractivity contribution in [2.24, 2.45) is 4.99 Å². The van der Waals surface area contributed by atoms with Crippen LogP contribution in [0, 0.1) is 11.6 Å². The minimum absolute atomic E-state index is 0.0761. The highest BCUT2D eigenvalue weighted by atomic mass is 32.2. The monoisotopic (exact) mass is 408 g/mol. The number of carbonyl (C=O) groups excluding carboxylic acids is 1. The number of nitrogens with zero attached hydrogens (tertiary/aromatic N) is 1. The van der Waals surface area contributed by atoms with Crippen molar-refractivity contribution in [1.29, 1.82) is 0 Å². The molecule has 28 heavy (non-hydrogen) atoms. The zero-order valence-corrected chi connectivity index (χ0v) is 17.6. The van der Waals surface area contributed by atoms with Crippen molar-refractivity contribution in [3.63, 3.8) is 0 Å². The Morgan fingerprint density at radius 1 is 1.46 bits per heavy atom. The van der Waals surface area contributed by atoms with Gasteiger partial charge in [-0.3, -0.25) is 4.99 Å². The Balaban J connectivity index is 2.41. The van der Waals surface area contributed by atoms with Crippen molar-refractivity contribution >= 4 is 31.2 Å². The van der Waals surface area contributed by atoms with Gasteiger partial charge in [-0.05, 0) is 45.2 Å². The summed E-state index contributed by atoms with van der Waals surface area (Å²) in [6.07, 6.45) is 2.25. The first kappa shape index (κ1) is 22.5. The average Bonchev–Trinajstić information content (AvgIpc) is 3.01.